The second-order valence-electron chi connectivity index (χ2n) is 5.12. The lowest BCUT2D eigenvalue weighted by molar-refractivity contribution is -0.136. The van der Waals surface area contributed by atoms with E-state index in [0.717, 1.165) is 10.0 Å². The largest absolute Gasteiger partial charge is 0.507 e. The minimum absolute atomic E-state index is 0.0257. The molecule has 6 nitrogen and oxygen atoms in total. The summed E-state index contributed by atoms with van der Waals surface area (Å²) in [6, 6.07) is 11.9. The molecule has 2 aromatic rings. The van der Waals surface area contributed by atoms with Gasteiger partial charge in [-0.05, 0) is 44.2 Å². The smallest absolute Gasteiger partial charge is 0.329 e. The molecule has 0 aliphatic rings. The summed E-state index contributed by atoms with van der Waals surface area (Å²) in [6.07, 6.45) is 0. The molecule has 0 heterocycles. The van der Waals surface area contributed by atoms with E-state index in [1.165, 1.54) is 6.07 Å². The van der Waals surface area contributed by atoms with Crippen molar-refractivity contribution in [2.45, 2.75) is 13.8 Å². The molecule has 2 amide bonds. The first-order chi connectivity index (χ1) is 11.4. The van der Waals surface area contributed by atoms with Gasteiger partial charge in [-0.15, -0.1) is 0 Å². The molecule has 0 radical (unpaired) electrons. The highest BCUT2D eigenvalue weighted by Crippen LogP contribution is 2.22. The molecule has 0 fully saturated rings. The summed E-state index contributed by atoms with van der Waals surface area (Å²) in [5.41, 5.74) is 4.55. The number of rotatable bonds is 3. The fourth-order valence-corrected chi connectivity index (χ4v) is 2.23. The third-order valence-corrected chi connectivity index (χ3v) is 3.68. The van der Waals surface area contributed by atoms with Gasteiger partial charge in [-0.1, -0.05) is 33.6 Å². The van der Waals surface area contributed by atoms with E-state index in [0.29, 0.717) is 17.0 Å². The normalized spacial score (nSPS) is 11.0. The molecule has 0 aliphatic heterocycles. The van der Waals surface area contributed by atoms with Crippen LogP contribution in [0.15, 0.2) is 52.0 Å². The fraction of sp³-hybridized carbons (Fsp3) is 0.118. The van der Waals surface area contributed by atoms with Gasteiger partial charge in [-0.2, -0.15) is 5.10 Å². The second-order valence-corrected chi connectivity index (χ2v) is 6.04. The lowest BCUT2D eigenvalue weighted by atomic mass is 10.1. The monoisotopic (exact) mass is 389 g/mol. The Balaban J connectivity index is 2.01. The van der Waals surface area contributed by atoms with Crippen molar-refractivity contribution in [2.75, 3.05) is 5.32 Å². The zero-order chi connectivity index (χ0) is 17.7. The number of aryl methyl sites for hydroxylation is 1. The predicted molar refractivity (Wildman–Crippen MR) is 96.0 cm³/mol. The van der Waals surface area contributed by atoms with Crippen molar-refractivity contribution >= 4 is 39.1 Å². The van der Waals surface area contributed by atoms with Gasteiger partial charge in [0.2, 0.25) is 0 Å². The zero-order valence-electron chi connectivity index (χ0n) is 13.1. The predicted octanol–water partition coefficient (Wildman–Crippen LogP) is 2.94. The summed E-state index contributed by atoms with van der Waals surface area (Å²) in [5.74, 6) is -1.70. The molecule has 0 aromatic heterocycles. The standard InChI is InChI=1S/C17H16BrN3O3/c1-10-3-6-13(7-4-10)19-16(23)17(24)21-20-11(2)14-9-12(18)5-8-15(14)22/h3-9,22H,1-2H3,(H,19,23)(H,21,24)/b20-11+. The van der Waals surface area contributed by atoms with Crippen LogP contribution in [0.4, 0.5) is 5.69 Å². The molecule has 3 N–H and O–H groups in total. The van der Waals surface area contributed by atoms with Crippen molar-refractivity contribution in [1.29, 1.82) is 0 Å². The third-order valence-electron chi connectivity index (χ3n) is 3.19. The summed E-state index contributed by atoms with van der Waals surface area (Å²) in [6.45, 7) is 3.53. The van der Waals surface area contributed by atoms with E-state index in [1.807, 2.05) is 19.1 Å². The van der Waals surface area contributed by atoms with Gasteiger partial charge in [0.25, 0.3) is 0 Å². The molecule has 0 saturated heterocycles. The van der Waals surface area contributed by atoms with Gasteiger partial charge in [-0.25, -0.2) is 5.43 Å². The average Bonchev–Trinajstić information content (AvgIpc) is 2.56. The maximum absolute atomic E-state index is 11.8. The molecule has 0 saturated carbocycles. The maximum atomic E-state index is 11.8. The lowest BCUT2D eigenvalue weighted by Gasteiger charge is -2.06. The molecule has 2 rings (SSSR count). The van der Waals surface area contributed by atoms with Crippen molar-refractivity contribution in [1.82, 2.24) is 5.43 Å². The summed E-state index contributed by atoms with van der Waals surface area (Å²) in [4.78, 5) is 23.6. The molecule has 24 heavy (non-hydrogen) atoms. The second kappa shape index (κ2) is 7.74. The molecule has 124 valence electrons. The molecule has 2 aromatic carbocycles. The van der Waals surface area contributed by atoms with Crippen LogP contribution in [0.25, 0.3) is 0 Å². The van der Waals surface area contributed by atoms with Crippen molar-refractivity contribution in [2.24, 2.45) is 5.10 Å². The Labute approximate surface area is 147 Å². The van der Waals surface area contributed by atoms with Crippen molar-refractivity contribution in [3.8, 4) is 5.75 Å². The minimum Gasteiger partial charge on any atom is -0.507 e. The Hall–Kier alpha value is -2.67. The number of carbonyl (C=O) groups excluding carboxylic acids is 2. The number of halogens is 1. The highest BCUT2D eigenvalue weighted by atomic mass is 79.9. The lowest BCUT2D eigenvalue weighted by Crippen LogP contribution is -2.32. The molecular weight excluding hydrogens is 374 g/mol. The van der Waals surface area contributed by atoms with Crippen LogP contribution >= 0.6 is 15.9 Å². The molecule has 0 aliphatic carbocycles. The van der Waals surface area contributed by atoms with Crippen LogP contribution < -0.4 is 10.7 Å². The van der Waals surface area contributed by atoms with Gasteiger partial charge in [-0.3, -0.25) is 9.59 Å². The van der Waals surface area contributed by atoms with E-state index < -0.39 is 11.8 Å². The Morgan fingerprint density at radius 1 is 1.08 bits per heavy atom. The average molecular weight is 390 g/mol. The van der Waals surface area contributed by atoms with Gasteiger partial charge in [0, 0.05) is 15.7 Å². The van der Waals surface area contributed by atoms with Crippen molar-refractivity contribution < 1.29 is 14.7 Å². The van der Waals surface area contributed by atoms with Crippen LogP contribution in [0.5, 0.6) is 5.75 Å². The van der Waals surface area contributed by atoms with E-state index in [-0.39, 0.29) is 5.75 Å². The van der Waals surface area contributed by atoms with Crippen molar-refractivity contribution in [3.05, 3.63) is 58.1 Å². The number of phenols is 1. The Morgan fingerprint density at radius 2 is 1.75 bits per heavy atom. The topological polar surface area (TPSA) is 90.8 Å². The van der Waals surface area contributed by atoms with Crippen LogP contribution in [-0.4, -0.2) is 22.6 Å². The first kappa shape index (κ1) is 17.7. The molecule has 7 heteroatoms. The summed E-state index contributed by atoms with van der Waals surface area (Å²) < 4.78 is 0.758. The SMILES string of the molecule is C/C(=N\NC(=O)C(=O)Nc1ccc(C)cc1)c1cc(Br)ccc1O. The number of amides is 2. The van der Waals surface area contributed by atoms with Crippen LogP contribution in [0.2, 0.25) is 0 Å². The quantitative estimate of drug-likeness (QED) is 0.428. The number of hydrogen-bond donors (Lipinski definition) is 3. The Bertz CT molecular complexity index is 801. The highest BCUT2D eigenvalue weighted by molar-refractivity contribution is 9.10. The van der Waals surface area contributed by atoms with Gasteiger partial charge < -0.3 is 10.4 Å². The highest BCUT2D eigenvalue weighted by Gasteiger charge is 2.14. The first-order valence-electron chi connectivity index (χ1n) is 7.08. The van der Waals surface area contributed by atoms with E-state index in [1.54, 1.807) is 31.2 Å². The van der Waals surface area contributed by atoms with E-state index in [4.69, 9.17) is 0 Å². The fourth-order valence-electron chi connectivity index (χ4n) is 1.87. The number of phenolic OH excluding ortho intramolecular Hbond substituents is 1. The van der Waals surface area contributed by atoms with Crippen molar-refractivity contribution in [3.63, 3.8) is 0 Å². The minimum atomic E-state index is -0.899. The number of nitrogens with zero attached hydrogens (tertiary/aromatic N) is 1. The third kappa shape index (κ3) is 4.66. The molecule has 0 bridgehead atoms. The van der Waals surface area contributed by atoms with Crippen LogP contribution in [0, 0.1) is 6.92 Å². The molecule has 0 unspecified atom stereocenters. The van der Waals surface area contributed by atoms with Crippen LogP contribution in [0.3, 0.4) is 0 Å². The summed E-state index contributed by atoms with van der Waals surface area (Å²) in [7, 11) is 0. The summed E-state index contributed by atoms with van der Waals surface area (Å²) in [5, 5.41) is 16.1. The Kier molecular flexibility index (Phi) is 5.70. The zero-order valence-corrected chi connectivity index (χ0v) is 14.7. The van der Waals surface area contributed by atoms with Gasteiger partial charge in [0.05, 0.1) is 5.71 Å². The Morgan fingerprint density at radius 3 is 2.42 bits per heavy atom. The van der Waals surface area contributed by atoms with E-state index in [2.05, 4.69) is 31.8 Å². The number of carbonyl (C=O) groups is 2. The molecule has 0 spiro atoms. The number of anilines is 1. The van der Waals surface area contributed by atoms with Gasteiger partial charge in [0.15, 0.2) is 0 Å². The van der Waals surface area contributed by atoms with E-state index in [9.17, 15) is 14.7 Å². The molecular formula is C17H16BrN3O3. The first-order valence-corrected chi connectivity index (χ1v) is 7.87. The van der Waals surface area contributed by atoms with Gasteiger partial charge in [0.1, 0.15) is 5.75 Å². The van der Waals surface area contributed by atoms with E-state index >= 15 is 0 Å². The van der Waals surface area contributed by atoms with Crippen LogP contribution in [-0.2, 0) is 9.59 Å². The number of hydrazone groups is 1. The number of hydrogen-bond acceptors (Lipinski definition) is 4. The van der Waals surface area contributed by atoms with Crippen LogP contribution in [0.1, 0.15) is 18.1 Å². The molecule has 0 atom stereocenters. The number of benzene rings is 2. The number of nitrogens with one attached hydrogen (secondary N) is 2. The summed E-state index contributed by atoms with van der Waals surface area (Å²) >= 11 is 3.29. The maximum Gasteiger partial charge on any atom is 0.329 e. The number of aromatic hydroxyl groups is 1. The van der Waals surface area contributed by atoms with Gasteiger partial charge >= 0.3 is 11.8 Å².